The van der Waals surface area contributed by atoms with Crippen molar-refractivity contribution in [2.45, 2.75) is 33.0 Å². The molecule has 1 aromatic heterocycles. The summed E-state index contributed by atoms with van der Waals surface area (Å²) in [5.41, 5.74) is 0.446. The minimum absolute atomic E-state index is 0.399. The summed E-state index contributed by atoms with van der Waals surface area (Å²) in [5, 5.41) is 3.07. The lowest BCUT2D eigenvalue weighted by Crippen LogP contribution is -2.34. The summed E-state index contributed by atoms with van der Waals surface area (Å²) in [6.07, 6.45) is 1.22. The second-order valence-corrected chi connectivity index (χ2v) is 5.36. The molecule has 6 heteroatoms. The molecule has 0 bridgehead atoms. The van der Waals surface area contributed by atoms with E-state index in [1.165, 1.54) is 0 Å². The van der Waals surface area contributed by atoms with Crippen LogP contribution < -0.4 is 5.32 Å². The molecule has 0 saturated carbocycles. The molecule has 0 aliphatic rings. The first-order valence-electron chi connectivity index (χ1n) is 6.02. The van der Waals surface area contributed by atoms with Crippen LogP contribution in [0.4, 0.5) is 4.79 Å². The molecule has 0 fully saturated rings. The van der Waals surface area contributed by atoms with Gasteiger partial charge in [-0.2, -0.15) is 0 Å². The van der Waals surface area contributed by atoms with Crippen LogP contribution >= 0.6 is 11.6 Å². The number of carbonyl (C=O) groups is 1. The van der Waals surface area contributed by atoms with Gasteiger partial charge in [-0.15, -0.1) is 0 Å². The van der Waals surface area contributed by atoms with E-state index in [9.17, 15) is 4.79 Å². The molecule has 1 amide bonds. The number of carbonyl (C=O) groups excluding carboxylic acids is 1. The number of alkyl carbamates (subject to hydrolysis) is 1. The smallest absolute Gasteiger partial charge is 0.407 e. The lowest BCUT2D eigenvalue weighted by molar-refractivity contribution is 0.0494. The molecule has 5 nitrogen and oxygen atoms in total. The van der Waals surface area contributed by atoms with Gasteiger partial charge in [-0.05, 0) is 32.4 Å². The van der Waals surface area contributed by atoms with E-state index in [4.69, 9.17) is 21.1 Å². The Morgan fingerprint density at radius 1 is 1.42 bits per heavy atom. The Morgan fingerprint density at radius 2 is 2.16 bits per heavy atom. The second kappa shape index (κ2) is 7.31. The van der Waals surface area contributed by atoms with Crippen LogP contribution in [0.3, 0.4) is 0 Å². The quantitative estimate of drug-likeness (QED) is 0.668. The van der Waals surface area contributed by atoms with Crippen LogP contribution in [0.25, 0.3) is 0 Å². The summed E-state index contributed by atoms with van der Waals surface area (Å²) in [6, 6.07) is 3.55. The Labute approximate surface area is 118 Å². The minimum atomic E-state index is -0.486. The SMILES string of the molecule is CC(C)(C)OC(=O)NCCOCc1ccc(Cl)nc1. The van der Waals surface area contributed by atoms with Gasteiger partial charge >= 0.3 is 6.09 Å². The number of pyridine rings is 1. The molecule has 1 aromatic rings. The zero-order valence-electron chi connectivity index (χ0n) is 11.4. The fraction of sp³-hybridized carbons (Fsp3) is 0.538. The number of hydrogen-bond acceptors (Lipinski definition) is 4. The van der Waals surface area contributed by atoms with Crippen molar-refractivity contribution in [3.63, 3.8) is 0 Å². The first kappa shape index (κ1) is 15.7. The average molecular weight is 287 g/mol. The molecule has 1 rings (SSSR count). The maximum absolute atomic E-state index is 11.3. The number of nitrogens with zero attached hydrogens (tertiary/aromatic N) is 1. The highest BCUT2D eigenvalue weighted by Crippen LogP contribution is 2.07. The molecular weight excluding hydrogens is 268 g/mol. The fourth-order valence-corrected chi connectivity index (χ4v) is 1.33. The summed E-state index contributed by atoms with van der Waals surface area (Å²) in [4.78, 5) is 15.3. The van der Waals surface area contributed by atoms with Crippen molar-refractivity contribution >= 4 is 17.7 Å². The number of nitrogens with one attached hydrogen (secondary N) is 1. The van der Waals surface area contributed by atoms with E-state index in [1.807, 2.05) is 26.8 Å². The van der Waals surface area contributed by atoms with E-state index in [2.05, 4.69) is 10.3 Å². The van der Waals surface area contributed by atoms with Crippen LogP contribution in [0.15, 0.2) is 18.3 Å². The highest BCUT2D eigenvalue weighted by atomic mass is 35.5. The Hall–Kier alpha value is -1.33. The van der Waals surface area contributed by atoms with Crippen molar-refractivity contribution in [2.75, 3.05) is 13.2 Å². The minimum Gasteiger partial charge on any atom is -0.444 e. The van der Waals surface area contributed by atoms with Crippen LogP contribution in [0.5, 0.6) is 0 Å². The zero-order chi connectivity index (χ0) is 14.3. The third-order valence-corrected chi connectivity index (χ3v) is 2.20. The van der Waals surface area contributed by atoms with Crippen molar-refractivity contribution in [3.05, 3.63) is 29.0 Å². The largest absolute Gasteiger partial charge is 0.444 e. The van der Waals surface area contributed by atoms with E-state index in [1.54, 1.807) is 12.3 Å². The van der Waals surface area contributed by atoms with Crippen LogP contribution in [0.2, 0.25) is 5.15 Å². The van der Waals surface area contributed by atoms with Gasteiger partial charge in [-0.3, -0.25) is 0 Å². The standard InChI is InChI=1S/C13H19ClN2O3/c1-13(2,3)19-12(17)15-6-7-18-9-10-4-5-11(14)16-8-10/h4-5,8H,6-7,9H2,1-3H3,(H,15,17). The predicted octanol–water partition coefficient (Wildman–Crippen LogP) is 2.78. The number of hydrogen-bond donors (Lipinski definition) is 1. The number of amides is 1. The first-order chi connectivity index (χ1) is 8.87. The molecule has 0 radical (unpaired) electrons. The molecule has 1 N–H and O–H groups in total. The van der Waals surface area contributed by atoms with Crippen LogP contribution in [-0.4, -0.2) is 29.8 Å². The van der Waals surface area contributed by atoms with Gasteiger partial charge in [-0.1, -0.05) is 17.7 Å². The molecule has 0 aromatic carbocycles. The normalized spacial score (nSPS) is 11.2. The summed E-state index contributed by atoms with van der Waals surface area (Å²) in [5.74, 6) is 0. The van der Waals surface area contributed by atoms with E-state index in [0.717, 1.165) is 5.56 Å². The number of rotatable bonds is 5. The molecule has 0 aliphatic heterocycles. The summed E-state index contributed by atoms with van der Waals surface area (Å²) in [7, 11) is 0. The van der Waals surface area contributed by atoms with E-state index >= 15 is 0 Å². The molecule has 0 atom stereocenters. The highest BCUT2D eigenvalue weighted by Gasteiger charge is 2.15. The van der Waals surface area contributed by atoms with Crippen molar-refractivity contribution < 1.29 is 14.3 Å². The van der Waals surface area contributed by atoms with E-state index < -0.39 is 11.7 Å². The van der Waals surface area contributed by atoms with Crippen molar-refractivity contribution in [1.29, 1.82) is 0 Å². The molecule has 0 aliphatic carbocycles. The van der Waals surface area contributed by atoms with E-state index in [0.29, 0.717) is 24.9 Å². The summed E-state index contributed by atoms with van der Waals surface area (Å²) >= 11 is 5.67. The van der Waals surface area contributed by atoms with Crippen LogP contribution in [0, 0.1) is 0 Å². The van der Waals surface area contributed by atoms with Crippen molar-refractivity contribution in [3.8, 4) is 0 Å². The highest BCUT2D eigenvalue weighted by molar-refractivity contribution is 6.29. The van der Waals surface area contributed by atoms with Gasteiger partial charge in [-0.25, -0.2) is 9.78 Å². The molecule has 0 unspecified atom stereocenters. The Balaban J connectivity index is 2.11. The van der Waals surface area contributed by atoms with Crippen molar-refractivity contribution in [2.24, 2.45) is 0 Å². The summed E-state index contributed by atoms with van der Waals surface area (Å²) in [6.45, 7) is 6.68. The maximum Gasteiger partial charge on any atom is 0.407 e. The van der Waals surface area contributed by atoms with Gasteiger partial charge in [0, 0.05) is 12.7 Å². The fourth-order valence-electron chi connectivity index (χ4n) is 1.22. The van der Waals surface area contributed by atoms with Gasteiger partial charge in [0.25, 0.3) is 0 Å². The Kier molecular flexibility index (Phi) is 6.05. The lowest BCUT2D eigenvalue weighted by Gasteiger charge is -2.19. The molecule has 19 heavy (non-hydrogen) atoms. The molecule has 1 heterocycles. The second-order valence-electron chi connectivity index (χ2n) is 4.97. The number of aromatic nitrogens is 1. The number of halogens is 1. The lowest BCUT2D eigenvalue weighted by atomic mass is 10.2. The first-order valence-corrected chi connectivity index (χ1v) is 6.39. The zero-order valence-corrected chi connectivity index (χ0v) is 12.2. The third kappa shape index (κ3) is 7.64. The Morgan fingerprint density at radius 3 is 2.74 bits per heavy atom. The van der Waals surface area contributed by atoms with Gasteiger partial charge in [0.15, 0.2) is 0 Å². The monoisotopic (exact) mass is 286 g/mol. The predicted molar refractivity (Wildman–Crippen MR) is 73.1 cm³/mol. The number of ether oxygens (including phenoxy) is 2. The molecule has 0 spiro atoms. The molecular formula is C13H19ClN2O3. The molecule has 106 valence electrons. The Bertz CT molecular complexity index is 401. The van der Waals surface area contributed by atoms with Crippen molar-refractivity contribution in [1.82, 2.24) is 10.3 Å². The van der Waals surface area contributed by atoms with Gasteiger partial charge in [0.05, 0.1) is 13.2 Å². The van der Waals surface area contributed by atoms with Gasteiger partial charge < -0.3 is 14.8 Å². The topological polar surface area (TPSA) is 60.5 Å². The summed E-state index contributed by atoms with van der Waals surface area (Å²) < 4.78 is 10.5. The third-order valence-electron chi connectivity index (χ3n) is 1.97. The average Bonchev–Trinajstić information content (AvgIpc) is 2.29. The van der Waals surface area contributed by atoms with Crippen LogP contribution in [0.1, 0.15) is 26.3 Å². The van der Waals surface area contributed by atoms with E-state index in [-0.39, 0.29) is 0 Å². The maximum atomic E-state index is 11.3. The van der Waals surface area contributed by atoms with Gasteiger partial charge in [0.2, 0.25) is 0 Å². The van der Waals surface area contributed by atoms with Crippen LogP contribution in [-0.2, 0) is 16.1 Å². The molecule has 0 saturated heterocycles. The van der Waals surface area contributed by atoms with Gasteiger partial charge in [0.1, 0.15) is 10.8 Å².